The molecule has 0 aromatic rings. The zero-order chi connectivity index (χ0) is 7.98. The van der Waals surface area contributed by atoms with Gasteiger partial charge in [-0.1, -0.05) is 20.3 Å². The molecule has 0 fully saturated rings. The zero-order valence-electron chi connectivity index (χ0n) is 7.13. The summed E-state index contributed by atoms with van der Waals surface area (Å²) < 4.78 is 5.29. The van der Waals surface area contributed by atoms with Gasteiger partial charge in [0.1, 0.15) is 0 Å². The van der Waals surface area contributed by atoms with Crippen LogP contribution < -0.4 is 0 Å². The average Bonchev–Trinajstić information content (AvgIpc) is 1.98. The van der Waals surface area contributed by atoms with Gasteiger partial charge >= 0.3 is 0 Å². The standard InChI is InChI=1S/C8H18O2/c1-4-7(2)8(3)10-6-5-9/h7-9H,4-6H2,1-3H3/t7?,8-/m0/s1. The Hall–Kier alpha value is -0.0800. The van der Waals surface area contributed by atoms with Crippen LogP contribution in [0.4, 0.5) is 0 Å². The second-order valence-corrected chi connectivity index (χ2v) is 2.69. The molecule has 1 N–H and O–H groups in total. The van der Waals surface area contributed by atoms with Crippen molar-refractivity contribution in [1.29, 1.82) is 0 Å². The van der Waals surface area contributed by atoms with Crippen LogP contribution >= 0.6 is 0 Å². The number of rotatable bonds is 5. The maximum absolute atomic E-state index is 8.44. The molecule has 0 saturated heterocycles. The summed E-state index contributed by atoms with van der Waals surface area (Å²) in [5, 5.41) is 8.44. The molecule has 0 bridgehead atoms. The van der Waals surface area contributed by atoms with Crippen molar-refractivity contribution in [2.75, 3.05) is 13.2 Å². The summed E-state index contributed by atoms with van der Waals surface area (Å²) in [5.74, 6) is 0.589. The smallest absolute Gasteiger partial charge is 0.0701 e. The number of aliphatic hydroxyl groups excluding tert-OH is 1. The number of aliphatic hydroxyl groups is 1. The second-order valence-electron chi connectivity index (χ2n) is 2.69. The van der Waals surface area contributed by atoms with Gasteiger partial charge in [-0.2, -0.15) is 0 Å². The lowest BCUT2D eigenvalue weighted by atomic mass is 10.0. The summed E-state index contributed by atoms with van der Waals surface area (Å²) >= 11 is 0. The van der Waals surface area contributed by atoms with Crippen molar-refractivity contribution in [2.24, 2.45) is 5.92 Å². The van der Waals surface area contributed by atoms with Crippen LogP contribution in [-0.2, 0) is 4.74 Å². The first-order valence-corrected chi connectivity index (χ1v) is 3.94. The third-order valence-corrected chi connectivity index (χ3v) is 1.92. The van der Waals surface area contributed by atoms with E-state index in [4.69, 9.17) is 9.84 Å². The highest BCUT2D eigenvalue weighted by Crippen LogP contribution is 2.09. The van der Waals surface area contributed by atoms with Gasteiger partial charge in [0.05, 0.1) is 19.3 Å². The van der Waals surface area contributed by atoms with Crippen LogP contribution in [-0.4, -0.2) is 24.4 Å². The second kappa shape index (κ2) is 5.69. The molecule has 0 aromatic carbocycles. The Morgan fingerprint density at radius 2 is 2.00 bits per heavy atom. The number of hydrogen-bond donors (Lipinski definition) is 1. The quantitative estimate of drug-likeness (QED) is 0.635. The predicted octanol–water partition coefficient (Wildman–Crippen LogP) is 1.43. The fourth-order valence-electron chi connectivity index (χ4n) is 0.735. The molecular weight excluding hydrogens is 128 g/mol. The lowest BCUT2D eigenvalue weighted by Gasteiger charge is -2.17. The Labute approximate surface area is 63.2 Å². The summed E-state index contributed by atoms with van der Waals surface area (Å²) in [7, 11) is 0. The van der Waals surface area contributed by atoms with Crippen molar-refractivity contribution in [2.45, 2.75) is 33.3 Å². The van der Waals surface area contributed by atoms with Gasteiger partial charge in [-0.15, -0.1) is 0 Å². The van der Waals surface area contributed by atoms with E-state index in [0.717, 1.165) is 6.42 Å². The molecule has 62 valence electrons. The van der Waals surface area contributed by atoms with Crippen molar-refractivity contribution in [1.82, 2.24) is 0 Å². The average molecular weight is 146 g/mol. The minimum atomic E-state index is 0.126. The minimum absolute atomic E-state index is 0.126. The fraction of sp³-hybridized carbons (Fsp3) is 1.00. The Kier molecular flexibility index (Phi) is 5.64. The van der Waals surface area contributed by atoms with Gasteiger partial charge in [-0.25, -0.2) is 0 Å². The van der Waals surface area contributed by atoms with Gasteiger partial charge in [-0.3, -0.25) is 0 Å². The van der Waals surface area contributed by atoms with E-state index < -0.39 is 0 Å². The third-order valence-electron chi connectivity index (χ3n) is 1.92. The highest BCUT2D eigenvalue weighted by Gasteiger charge is 2.08. The molecule has 0 amide bonds. The normalized spacial score (nSPS) is 16.8. The third kappa shape index (κ3) is 3.85. The summed E-state index contributed by atoms with van der Waals surface area (Å²) in [4.78, 5) is 0. The van der Waals surface area contributed by atoms with Crippen molar-refractivity contribution >= 4 is 0 Å². The van der Waals surface area contributed by atoms with Crippen molar-refractivity contribution < 1.29 is 9.84 Å². The molecule has 0 saturated carbocycles. The van der Waals surface area contributed by atoms with Crippen LogP contribution in [0.1, 0.15) is 27.2 Å². The van der Waals surface area contributed by atoms with Crippen LogP contribution in [0.5, 0.6) is 0 Å². The van der Waals surface area contributed by atoms with E-state index in [-0.39, 0.29) is 12.7 Å². The van der Waals surface area contributed by atoms with Crippen molar-refractivity contribution in [3.8, 4) is 0 Å². The maximum atomic E-state index is 8.44. The van der Waals surface area contributed by atoms with E-state index in [1.165, 1.54) is 0 Å². The van der Waals surface area contributed by atoms with Gasteiger partial charge in [0.15, 0.2) is 0 Å². The number of hydrogen-bond acceptors (Lipinski definition) is 2. The first-order chi connectivity index (χ1) is 4.72. The molecule has 0 aromatic heterocycles. The molecule has 0 aliphatic rings. The van der Waals surface area contributed by atoms with Crippen LogP contribution in [0.15, 0.2) is 0 Å². The molecular formula is C8H18O2. The lowest BCUT2D eigenvalue weighted by molar-refractivity contribution is 0.00927. The topological polar surface area (TPSA) is 29.5 Å². The molecule has 1 unspecified atom stereocenters. The highest BCUT2D eigenvalue weighted by atomic mass is 16.5. The first-order valence-electron chi connectivity index (χ1n) is 3.94. The van der Waals surface area contributed by atoms with E-state index in [1.807, 2.05) is 6.92 Å². The van der Waals surface area contributed by atoms with E-state index in [0.29, 0.717) is 12.5 Å². The molecule has 0 radical (unpaired) electrons. The van der Waals surface area contributed by atoms with Gasteiger partial charge in [0.25, 0.3) is 0 Å². The van der Waals surface area contributed by atoms with E-state index in [9.17, 15) is 0 Å². The van der Waals surface area contributed by atoms with Gasteiger partial charge in [0, 0.05) is 0 Å². The molecule has 0 rings (SSSR count). The van der Waals surface area contributed by atoms with Crippen LogP contribution in [0.25, 0.3) is 0 Å². The Bertz CT molecular complexity index is 73.7. The summed E-state index contributed by atoms with van der Waals surface area (Å²) in [6.45, 7) is 6.93. The van der Waals surface area contributed by atoms with E-state index >= 15 is 0 Å². The molecule has 0 aliphatic carbocycles. The molecule has 0 heterocycles. The van der Waals surface area contributed by atoms with E-state index in [2.05, 4.69) is 13.8 Å². The predicted molar refractivity (Wildman–Crippen MR) is 42.0 cm³/mol. The molecule has 2 nitrogen and oxygen atoms in total. The fourth-order valence-corrected chi connectivity index (χ4v) is 0.735. The van der Waals surface area contributed by atoms with Crippen molar-refractivity contribution in [3.63, 3.8) is 0 Å². The maximum Gasteiger partial charge on any atom is 0.0701 e. The number of ether oxygens (including phenoxy) is 1. The largest absolute Gasteiger partial charge is 0.394 e. The summed E-state index contributed by atoms with van der Waals surface area (Å²) in [6.07, 6.45) is 1.41. The molecule has 0 spiro atoms. The zero-order valence-corrected chi connectivity index (χ0v) is 7.13. The molecule has 10 heavy (non-hydrogen) atoms. The Morgan fingerprint density at radius 1 is 1.40 bits per heavy atom. The van der Waals surface area contributed by atoms with E-state index in [1.54, 1.807) is 0 Å². The van der Waals surface area contributed by atoms with Crippen LogP contribution in [0.2, 0.25) is 0 Å². The van der Waals surface area contributed by atoms with Crippen LogP contribution in [0, 0.1) is 5.92 Å². The van der Waals surface area contributed by atoms with Crippen molar-refractivity contribution in [3.05, 3.63) is 0 Å². The SMILES string of the molecule is CCC(C)[C@H](C)OCCO. The Morgan fingerprint density at radius 3 is 2.40 bits per heavy atom. The van der Waals surface area contributed by atoms with Gasteiger partial charge in [-0.05, 0) is 12.8 Å². The van der Waals surface area contributed by atoms with Gasteiger partial charge in [0.2, 0.25) is 0 Å². The minimum Gasteiger partial charge on any atom is -0.394 e. The molecule has 2 heteroatoms. The summed E-state index contributed by atoms with van der Waals surface area (Å²) in [6, 6.07) is 0. The molecule has 2 atom stereocenters. The van der Waals surface area contributed by atoms with Crippen LogP contribution in [0.3, 0.4) is 0 Å². The van der Waals surface area contributed by atoms with Gasteiger partial charge < -0.3 is 9.84 Å². The molecule has 0 aliphatic heterocycles. The monoisotopic (exact) mass is 146 g/mol. The summed E-state index contributed by atoms with van der Waals surface area (Å²) in [5.41, 5.74) is 0. The lowest BCUT2D eigenvalue weighted by Crippen LogP contribution is -2.19. The Balaban J connectivity index is 3.31. The first kappa shape index (κ1) is 9.92. The highest BCUT2D eigenvalue weighted by molar-refractivity contribution is 4.58.